The first-order valence-electron chi connectivity index (χ1n) is 6.28. The Hall–Kier alpha value is -2.51. The van der Waals surface area contributed by atoms with Crippen molar-refractivity contribution in [3.8, 4) is 0 Å². The van der Waals surface area contributed by atoms with E-state index in [0.717, 1.165) is 12.1 Å². The van der Waals surface area contributed by atoms with Crippen LogP contribution in [0, 0.1) is 15.9 Å². The molecule has 0 aliphatic carbocycles. The third-order valence-corrected chi connectivity index (χ3v) is 3.37. The highest BCUT2D eigenvalue weighted by Gasteiger charge is 2.37. The maximum Gasteiger partial charge on any atom is 0.328 e. The normalized spacial score (nSPS) is 17.6. The summed E-state index contributed by atoms with van der Waals surface area (Å²) < 4.78 is 17.7. The molecule has 1 amide bonds. The van der Waals surface area contributed by atoms with Gasteiger partial charge in [-0.15, -0.1) is 0 Å². The maximum absolute atomic E-state index is 13.1. The van der Waals surface area contributed by atoms with Gasteiger partial charge in [0.2, 0.25) is 0 Å². The van der Waals surface area contributed by atoms with E-state index < -0.39 is 34.3 Å². The van der Waals surface area contributed by atoms with Gasteiger partial charge in [-0.1, -0.05) is 0 Å². The molecule has 1 saturated heterocycles. The summed E-state index contributed by atoms with van der Waals surface area (Å²) >= 11 is 0. The van der Waals surface area contributed by atoms with Crippen LogP contribution in [-0.4, -0.2) is 41.4 Å². The molecular formula is C13H13FN2O5. The van der Waals surface area contributed by atoms with E-state index in [1.54, 1.807) is 0 Å². The summed E-state index contributed by atoms with van der Waals surface area (Å²) in [5.41, 5.74) is -0.854. The van der Waals surface area contributed by atoms with E-state index in [1.165, 1.54) is 12.0 Å². The molecule has 1 aliphatic rings. The van der Waals surface area contributed by atoms with Gasteiger partial charge in [-0.05, 0) is 25.0 Å². The number of ether oxygens (including phenoxy) is 1. The second-order valence-corrected chi connectivity index (χ2v) is 4.60. The maximum atomic E-state index is 13.1. The average molecular weight is 296 g/mol. The molecule has 0 radical (unpaired) electrons. The molecule has 0 aromatic heterocycles. The van der Waals surface area contributed by atoms with E-state index in [9.17, 15) is 24.1 Å². The van der Waals surface area contributed by atoms with E-state index in [1.807, 2.05) is 0 Å². The number of nitro benzene ring substituents is 1. The fraction of sp³-hybridized carbons (Fsp3) is 0.385. The molecule has 21 heavy (non-hydrogen) atoms. The van der Waals surface area contributed by atoms with E-state index >= 15 is 0 Å². The quantitative estimate of drug-likeness (QED) is 0.479. The summed E-state index contributed by atoms with van der Waals surface area (Å²) in [6.45, 7) is 0.299. The highest BCUT2D eigenvalue weighted by atomic mass is 19.1. The first-order chi connectivity index (χ1) is 9.95. The molecule has 1 heterocycles. The van der Waals surface area contributed by atoms with Crippen molar-refractivity contribution >= 4 is 17.6 Å². The molecule has 0 bridgehead atoms. The minimum atomic E-state index is -0.820. The zero-order valence-corrected chi connectivity index (χ0v) is 11.2. The number of likely N-dealkylation sites (tertiary alicyclic amines) is 1. The molecule has 0 N–H and O–H groups in total. The summed E-state index contributed by atoms with van der Waals surface area (Å²) in [5.74, 6) is -2.04. The number of esters is 1. The summed E-state index contributed by atoms with van der Waals surface area (Å²) in [6.07, 6.45) is 1.04. The molecule has 1 aliphatic heterocycles. The van der Waals surface area contributed by atoms with Crippen molar-refractivity contribution in [2.75, 3.05) is 13.7 Å². The van der Waals surface area contributed by atoms with E-state index in [4.69, 9.17) is 0 Å². The Bertz CT molecular complexity index is 604. The lowest BCUT2D eigenvalue weighted by Gasteiger charge is -2.22. The van der Waals surface area contributed by atoms with Crippen LogP contribution in [0.15, 0.2) is 18.2 Å². The second-order valence-electron chi connectivity index (χ2n) is 4.60. The SMILES string of the molecule is COC(=O)C1CCCN1C(=O)c1ccc(F)cc1[N+](=O)[O-]. The Kier molecular flexibility index (Phi) is 4.15. The van der Waals surface area contributed by atoms with Crippen LogP contribution in [0.3, 0.4) is 0 Å². The Labute approximate surface area is 119 Å². The first-order valence-corrected chi connectivity index (χ1v) is 6.28. The smallest absolute Gasteiger partial charge is 0.328 e. The van der Waals surface area contributed by atoms with Crippen LogP contribution < -0.4 is 0 Å². The number of halogens is 1. The van der Waals surface area contributed by atoms with E-state index in [0.29, 0.717) is 25.5 Å². The monoisotopic (exact) mass is 296 g/mol. The van der Waals surface area contributed by atoms with Crippen molar-refractivity contribution in [2.24, 2.45) is 0 Å². The molecule has 2 rings (SSSR count). The Balaban J connectivity index is 2.36. The van der Waals surface area contributed by atoms with Crippen LogP contribution in [0.25, 0.3) is 0 Å². The van der Waals surface area contributed by atoms with E-state index in [-0.39, 0.29) is 5.56 Å². The molecule has 1 unspecified atom stereocenters. The number of amides is 1. The molecule has 1 fully saturated rings. The summed E-state index contributed by atoms with van der Waals surface area (Å²) in [7, 11) is 1.21. The predicted octanol–water partition coefficient (Wildman–Crippen LogP) is 1.51. The Morgan fingerprint density at radius 2 is 2.19 bits per heavy atom. The first kappa shape index (κ1) is 14.9. The largest absolute Gasteiger partial charge is 0.467 e. The fourth-order valence-corrected chi connectivity index (χ4v) is 2.38. The minimum absolute atomic E-state index is 0.239. The number of benzene rings is 1. The molecular weight excluding hydrogens is 283 g/mol. The molecule has 0 spiro atoms. The van der Waals surface area contributed by atoms with Crippen LogP contribution in [-0.2, 0) is 9.53 Å². The topological polar surface area (TPSA) is 89.8 Å². The van der Waals surface area contributed by atoms with Crippen molar-refractivity contribution in [3.63, 3.8) is 0 Å². The van der Waals surface area contributed by atoms with Gasteiger partial charge >= 0.3 is 5.97 Å². The number of hydrogen-bond donors (Lipinski definition) is 0. The van der Waals surface area contributed by atoms with Crippen molar-refractivity contribution in [2.45, 2.75) is 18.9 Å². The predicted molar refractivity (Wildman–Crippen MR) is 69.1 cm³/mol. The number of carbonyl (C=O) groups is 2. The standard InChI is InChI=1S/C13H13FN2O5/c1-21-13(18)10-3-2-6-15(10)12(17)9-5-4-8(14)7-11(9)16(19)20/h4-5,7,10H,2-3,6H2,1H3. The molecule has 1 atom stereocenters. The third-order valence-electron chi connectivity index (χ3n) is 3.37. The summed E-state index contributed by atoms with van der Waals surface area (Å²) in [6, 6.07) is 1.97. The number of nitro groups is 1. The lowest BCUT2D eigenvalue weighted by atomic mass is 10.1. The van der Waals surface area contributed by atoms with Gasteiger partial charge in [0.25, 0.3) is 11.6 Å². The number of hydrogen-bond acceptors (Lipinski definition) is 5. The van der Waals surface area contributed by atoms with Gasteiger partial charge in [0.05, 0.1) is 18.1 Å². The van der Waals surface area contributed by atoms with Gasteiger partial charge in [-0.25, -0.2) is 9.18 Å². The van der Waals surface area contributed by atoms with Gasteiger partial charge in [0.1, 0.15) is 17.4 Å². The average Bonchev–Trinajstić information content (AvgIpc) is 2.94. The number of methoxy groups -OCH3 is 1. The van der Waals surface area contributed by atoms with Gasteiger partial charge in [-0.2, -0.15) is 0 Å². The zero-order valence-electron chi connectivity index (χ0n) is 11.2. The zero-order chi connectivity index (χ0) is 15.6. The third kappa shape index (κ3) is 2.83. The molecule has 8 heteroatoms. The van der Waals surface area contributed by atoms with E-state index in [2.05, 4.69) is 4.74 Å². The number of nitrogens with zero attached hydrogens (tertiary/aromatic N) is 2. The Morgan fingerprint density at radius 3 is 2.81 bits per heavy atom. The van der Waals surface area contributed by atoms with Crippen LogP contribution in [0.5, 0.6) is 0 Å². The van der Waals surface area contributed by atoms with Crippen molar-refractivity contribution < 1.29 is 23.6 Å². The molecule has 1 aromatic rings. The highest BCUT2D eigenvalue weighted by Crippen LogP contribution is 2.26. The number of rotatable bonds is 3. The molecule has 112 valence electrons. The lowest BCUT2D eigenvalue weighted by molar-refractivity contribution is -0.385. The number of carbonyl (C=O) groups excluding carboxylic acids is 2. The van der Waals surface area contributed by atoms with Crippen LogP contribution in [0.1, 0.15) is 23.2 Å². The minimum Gasteiger partial charge on any atom is -0.467 e. The molecule has 1 aromatic carbocycles. The van der Waals surface area contributed by atoms with Crippen LogP contribution in [0.2, 0.25) is 0 Å². The van der Waals surface area contributed by atoms with Gasteiger partial charge in [-0.3, -0.25) is 14.9 Å². The Morgan fingerprint density at radius 1 is 1.48 bits per heavy atom. The van der Waals surface area contributed by atoms with Crippen LogP contribution >= 0.6 is 0 Å². The van der Waals surface area contributed by atoms with Gasteiger partial charge in [0.15, 0.2) is 0 Å². The van der Waals surface area contributed by atoms with Crippen molar-refractivity contribution in [3.05, 3.63) is 39.7 Å². The van der Waals surface area contributed by atoms with Gasteiger partial charge in [0, 0.05) is 6.54 Å². The summed E-state index contributed by atoms with van der Waals surface area (Å²) in [4.78, 5) is 35.4. The fourth-order valence-electron chi connectivity index (χ4n) is 2.38. The molecule has 0 saturated carbocycles. The summed E-state index contributed by atoms with van der Waals surface area (Å²) in [5, 5.41) is 10.9. The van der Waals surface area contributed by atoms with Gasteiger partial charge < -0.3 is 9.64 Å². The van der Waals surface area contributed by atoms with Crippen LogP contribution in [0.4, 0.5) is 10.1 Å². The molecule has 7 nitrogen and oxygen atoms in total. The highest BCUT2D eigenvalue weighted by molar-refractivity contribution is 6.00. The second kappa shape index (κ2) is 5.86. The van der Waals surface area contributed by atoms with Crippen molar-refractivity contribution in [1.82, 2.24) is 4.90 Å². The lowest BCUT2D eigenvalue weighted by Crippen LogP contribution is -2.41. The van der Waals surface area contributed by atoms with Crippen molar-refractivity contribution in [1.29, 1.82) is 0 Å².